The van der Waals surface area contributed by atoms with E-state index in [-0.39, 0.29) is 5.56 Å². The number of aromatic carboxylic acids is 1. The van der Waals surface area contributed by atoms with E-state index >= 15 is 0 Å². The van der Waals surface area contributed by atoms with Crippen LogP contribution < -0.4 is 0 Å². The van der Waals surface area contributed by atoms with E-state index in [1.165, 1.54) is 12.1 Å². The van der Waals surface area contributed by atoms with E-state index in [2.05, 4.69) is 0 Å². The van der Waals surface area contributed by atoms with Crippen molar-refractivity contribution >= 4 is 5.97 Å². The standard InChI is InChI=1S/C12H16FNO2/c1-8(2)14(3)7-10-5-4-9(12(15)16)6-11(10)13/h4-6,8H,7H2,1-3H3,(H,15,16). The van der Waals surface area contributed by atoms with Gasteiger partial charge in [-0.25, -0.2) is 9.18 Å². The molecule has 0 aliphatic carbocycles. The minimum Gasteiger partial charge on any atom is -0.478 e. The van der Waals surface area contributed by atoms with Gasteiger partial charge in [-0.2, -0.15) is 0 Å². The average molecular weight is 225 g/mol. The Hall–Kier alpha value is -1.42. The van der Waals surface area contributed by atoms with Gasteiger partial charge in [0.15, 0.2) is 0 Å². The number of hydrogen-bond donors (Lipinski definition) is 1. The molecule has 1 N–H and O–H groups in total. The predicted octanol–water partition coefficient (Wildman–Crippen LogP) is 2.36. The zero-order chi connectivity index (χ0) is 12.3. The highest BCUT2D eigenvalue weighted by Gasteiger charge is 2.11. The second-order valence-corrected chi connectivity index (χ2v) is 4.12. The van der Waals surface area contributed by atoms with Crippen LogP contribution in [0.4, 0.5) is 4.39 Å². The fourth-order valence-corrected chi connectivity index (χ4v) is 1.26. The molecule has 4 heteroatoms. The number of nitrogens with zero attached hydrogens (tertiary/aromatic N) is 1. The molecule has 0 aliphatic rings. The van der Waals surface area contributed by atoms with Crippen LogP contribution in [0.25, 0.3) is 0 Å². The monoisotopic (exact) mass is 225 g/mol. The maximum absolute atomic E-state index is 13.5. The Labute approximate surface area is 94.5 Å². The van der Waals surface area contributed by atoms with Crippen LogP contribution in [-0.2, 0) is 6.54 Å². The van der Waals surface area contributed by atoms with E-state index in [9.17, 15) is 9.18 Å². The fraction of sp³-hybridized carbons (Fsp3) is 0.417. The third-order valence-electron chi connectivity index (χ3n) is 2.60. The minimum atomic E-state index is -1.11. The summed E-state index contributed by atoms with van der Waals surface area (Å²) in [5.74, 6) is -1.57. The lowest BCUT2D eigenvalue weighted by atomic mass is 10.1. The van der Waals surface area contributed by atoms with E-state index < -0.39 is 11.8 Å². The average Bonchev–Trinajstić information content (AvgIpc) is 2.20. The Kier molecular flexibility index (Phi) is 4.01. The Morgan fingerprint density at radius 3 is 2.56 bits per heavy atom. The molecule has 0 amide bonds. The first kappa shape index (κ1) is 12.6. The van der Waals surface area contributed by atoms with Crippen molar-refractivity contribution in [2.24, 2.45) is 0 Å². The number of hydrogen-bond acceptors (Lipinski definition) is 2. The molecule has 0 saturated heterocycles. The van der Waals surface area contributed by atoms with Crippen molar-refractivity contribution in [2.45, 2.75) is 26.4 Å². The van der Waals surface area contributed by atoms with E-state index in [1.54, 1.807) is 0 Å². The van der Waals surface area contributed by atoms with Crippen LogP contribution in [0.1, 0.15) is 29.8 Å². The van der Waals surface area contributed by atoms with Gasteiger partial charge in [-0.15, -0.1) is 0 Å². The molecule has 0 fully saturated rings. The van der Waals surface area contributed by atoms with Gasteiger partial charge in [-0.1, -0.05) is 6.07 Å². The molecule has 0 atom stereocenters. The van der Waals surface area contributed by atoms with Crippen molar-refractivity contribution < 1.29 is 14.3 Å². The van der Waals surface area contributed by atoms with Crippen LogP contribution in [0.2, 0.25) is 0 Å². The summed E-state index contributed by atoms with van der Waals surface area (Å²) in [6.07, 6.45) is 0. The Balaban J connectivity index is 2.87. The van der Waals surface area contributed by atoms with Gasteiger partial charge in [-0.05, 0) is 33.0 Å². The van der Waals surface area contributed by atoms with Gasteiger partial charge in [-0.3, -0.25) is 4.90 Å². The van der Waals surface area contributed by atoms with Gasteiger partial charge in [0.05, 0.1) is 5.56 Å². The second kappa shape index (κ2) is 5.07. The van der Waals surface area contributed by atoms with Crippen LogP contribution in [0.15, 0.2) is 18.2 Å². The number of carboxylic acid groups (broad SMARTS) is 1. The van der Waals surface area contributed by atoms with Gasteiger partial charge in [0.1, 0.15) is 5.82 Å². The molecule has 0 aromatic heterocycles. The molecule has 0 bridgehead atoms. The first-order valence-electron chi connectivity index (χ1n) is 5.13. The summed E-state index contributed by atoms with van der Waals surface area (Å²) < 4.78 is 13.5. The number of carbonyl (C=O) groups is 1. The van der Waals surface area contributed by atoms with Crippen LogP contribution in [0, 0.1) is 5.82 Å². The number of rotatable bonds is 4. The summed E-state index contributed by atoms with van der Waals surface area (Å²) in [4.78, 5) is 12.6. The maximum atomic E-state index is 13.5. The zero-order valence-corrected chi connectivity index (χ0v) is 9.70. The highest BCUT2D eigenvalue weighted by Crippen LogP contribution is 2.13. The van der Waals surface area contributed by atoms with E-state index in [0.29, 0.717) is 18.2 Å². The minimum absolute atomic E-state index is 0.0200. The number of halogens is 1. The third kappa shape index (κ3) is 3.03. The molecule has 88 valence electrons. The van der Waals surface area contributed by atoms with E-state index in [4.69, 9.17) is 5.11 Å². The molecule has 0 unspecified atom stereocenters. The summed E-state index contributed by atoms with van der Waals surface area (Å²) in [6.45, 7) is 4.51. The predicted molar refractivity (Wildman–Crippen MR) is 60.0 cm³/mol. The molecule has 1 aromatic carbocycles. The summed E-state index contributed by atoms with van der Waals surface area (Å²) >= 11 is 0. The molecule has 0 spiro atoms. The molecule has 16 heavy (non-hydrogen) atoms. The fourth-order valence-electron chi connectivity index (χ4n) is 1.26. The first-order chi connectivity index (χ1) is 7.41. The number of benzene rings is 1. The van der Waals surface area contributed by atoms with Crippen LogP contribution >= 0.6 is 0 Å². The molecule has 0 radical (unpaired) electrons. The second-order valence-electron chi connectivity index (χ2n) is 4.12. The molecular formula is C12H16FNO2. The van der Waals surface area contributed by atoms with Crippen LogP contribution in [0.5, 0.6) is 0 Å². The molecule has 1 rings (SSSR count). The van der Waals surface area contributed by atoms with Gasteiger partial charge in [0.25, 0.3) is 0 Å². The maximum Gasteiger partial charge on any atom is 0.335 e. The molecule has 0 aliphatic heterocycles. The highest BCUT2D eigenvalue weighted by atomic mass is 19.1. The molecular weight excluding hydrogens is 209 g/mol. The largest absolute Gasteiger partial charge is 0.478 e. The summed E-state index contributed by atoms with van der Waals surface area (Å²) in [5.41, 5.74) is 0.495. The SMILES string of the molecule is CC(C)N(C)Cc1ccc(C(=O)O)cc1F. The van der Waals surface area contributed by atoms with Crippen molar-refractivity contribution in [2.75, 3.05) is 7.05 Å². The quantitative estimate of drug-likeness (QED) is 0.855. The highest BCUT2D eigenvalue weighted by molar-refractivity contribution is 5.87. The smallest absolute Gasteiger partial charge is 0.335 e. The van der Waals surface area contributed by atoms with Crippen molar-refractivity contribution in [1.82, 2.24) is 4.90 Å². The zero-order valence-electron chi connectivity index (χ0n) is 9.70. The number of carboxylic acids is 1. The normalized spacial score (nSPS) is 11.1. The van der Waals surface area contributed by atoms with E-state index in [0.717, 1.165) is 6.07 Å². The third-order valence-corrected chi connectivity index (χ3v) is 2.60. The summed E-state index contributed by atoms with van der Waals surface area (Å²) in [5, 5.41) is 8.69. The topological polar surface area (TPSA) is 40.5 Å². The Morgan fingerprint density at radius 2 is 2.12 bits per heavy atom. The van der Waals surface area contributed by atoms with Gasteiger partial charge in [0.2, 0.25) is 0 Å². The lowest BCUT2D eigenvalue weighted by Gasteiger charge is -2.21. The van der Waals surface area contributed by atoms with Crippen LogP contribution in [0.3, 0.4) is 0 Å². The molecule has 0 saturated carbocycles. The van der Waals surface area contributed by atoms with Crippen molar-refractivity contribution in [3.05, 3.63) is 35.1 Å². The Bertz CT molecular complexity index is 391. The van der Waals surface area contributed by atoms with Crippen LogP contribution in [-0.4, -0.2) is 29.1 Å². The molecule has 1 aromatic rings. The lowest BCUT2D eigenvalue weighted by molar-refractivity contribution is 0.0696. The summed E-state index contributed by atoms with van der Waals surface area (Å²) in [6, 6.07) is 4.33. The first-order valence-corrected chi connectivity index (χ1v) is 5.13. The summed E-state index contributed by atoms with van der Waals surface area (Å²) in [7, 11) is 1.90. The Morgan fingerprint density at radius 1 is 1.50 bits per heavy atom. The van der Waals surface area contributed by atoms with Gasteiger partial charge >= 0.3 is 5.97 Å². The van der Waals surface area contributed by atoms with Crippen molar-refractivity contribution in [1.29, 1.82) is 0 Å². The van der Waals surface area contributed by atoms with Gasteiger partial charge in [0, 0.05) is 18.2 Å². The van der Waals surface area contributed by atoms with Crippen molar-refractivity contribution in [3.8, 4) is 0 Å². The van der Waals surface area contributed by atoms with Gasteiger partial charge < -0.3 is 5.11 Å². The lowest BCUT2D eigenvalue weighted by Crippen LogP contribution is -2.26. The van der Waals surface area contributed by atoms with Crippen molar-refractivity contribution in [3.63, 3.8) is 0 Å². The van der Waals surface area contributed by atoms with E-state index in [1.807, 2.05) is 25.8 Å². The molecule has 3 nitrogen and oxygen atoms in total. The molecule has 0 heterocycles.